The number of aromatic nitrogens is 2. The Bertz CT molecular complexity index is 558. The zero-order valence-electron chi connectivity index (χ0n) is 10.3. The Morgan fingerprint density at radius 1 is 1.29 bits per heavy atom. The number of hydrogen-bond donors (Lipinski definition) is 1. The average Bonchev–Trinajstić information content (AvgIpc) is 2.50. The molecule has 17 heavy (non-hydrogen) atoms. The van der Waals surface area contributed by atoms with Gasteiger partial charge in [0, 0.05) is 11.4 Å². The molecule has 0 bridgehead atoms. The predicted molar refractivity (Wildman–Crippen MR) is 66.4 cm³/mol. The fraction of sp³-hybridized carbons (Fsp3) is 0.308. The second-order valence-corrected chi connectivity index (χ2v) is 4.30. The van der Waals surface area contributed by atoms with Gasteiger partial charge in [-0.15, -0.1) is 0 Å². The maximum absolute atomic E-state index is 12.9. The summed E-state index contributed by atoms with van der Waals surface area (Å²) in [7, 11) is 0. The molecule has 2 N–H and O–H groups in total. The molecule has 0 spiro atoms. The molecule has 2 rings (SSSR count). The quantitative estimate of drug-likeness (QED) is 0.810. The summed E-state index contributed by atoms with van der Waals surface area (Å²) in [6.45, 7) is 6.62. The minimum Gasteiger partial charge on any atom is -0.398 e. The van der Waals surface area contributed by atoms with E-state index in [1.165, 1.54) is 17.7 Å². The minimum atomic E-state index is -0.309. The molecule has 1 aromatic heterocycles. The number of nitrogens with two attached hydrogens (primary N) is 1. The largest absolute Gasteiger partial charge is 0.398 e. The summed E-state index contributed by atoms with van der Waals surface area (Å²) in [5.74, 6) is -0.309. The van der Waals surface area contributed by atoms with E-state index in [2.05, 4.69) is 5.10 Å². The summed E-state index contributed by atoms with van der Waals surface area (Å²) in [4.78, 5) is 0. The first kappa shape index (κ1) is 11.6. The number of nitrogen functional groups attached to an aromatic ring is 1. The van der Waals surface area contributed by atoms with Crippen molar-refractivity contribution in [3.05, 3.63) is 46.5 Å². The van der Waals surface area contributed by atoms with E-state index in [-0.39, 0.29) is 5.82 Å². The molecule has 0 saturated heterocycles. The molecule has 0 aliphatic heterocycles. The van der Waals surface area contributed by atoms with Crippen LogP contribution in [0.4, 0.5) is 10.1 Å². The molecule has 2 aromatic rings. The van der Waals surface area contributed by atoms with Crippen molar-refractivity contribution in [2.45, 2.75) is 27.3 Å². The summed E-state index contributed by atoms with van der Waals surface area (Å²) in [5.41, 5.74) is 10.5. The van der Waals surface area contributed by atoms with Crippen LogP contribution in [0.3, 0.4) is 0 Å². The van der Waals surface area contributed by atoms with Crippen molar-refractivity contribution >= 4 is 5.69 Å². The van der Waals surface area contributed by atoms with Crippen molar-refractivity contribution in [1.29, 1.82) is 0 Å². The van der Waals surface area contributed by atoms with Crippen LogP contribution in [0.1, 0.15) is 22.5 Å². The minimum absolute atomic E-state index is 0.309. The van der Waals surface area contributed by atoms with Gasteiger partial charge >= 0.3 is 0 Å². The molecule has 0 atom stereocenters. The van der Waals surface area contributed by atoms with Gasteiger partial charge < -0.3 is 5.73 Å². The highest BCUT2D eigenvalue weighted by Crippen LogP contribution is 2.17. The van der Waals surface area contributed by atoms with Crippen LogP contribution in [0.2, 0.25) is 0 Å². The Hall–Kier alpha value is -1.84. The third kappa shape index (κ3) is 2.16. The maximum atomic E-state index is 12.9. The number of anilines is 1. The SMILES string of the molecule is Cc1nn(Cc2ccc(F)cc2N)c(C)c1C. The number of aryl methyl sites for hydroxylation is 1. The highest BCUT2D eigenvalue weighted by Gasteiger charge is 2.09. The van der Waals surface area contributed by atoms with Gasteiger partial charge in [-0.25, -0.2) is 4.39 Å². The molecule has 1 aromatic carbocycles. The second-order valence-electron chi connectivity index (χ2n) is 4.30. The average molecular weight is 233 g/mol. The number of nitrogens with zero attached hydrogens (tertiary/aromatic N) is 2. The van der Waals surface area contributed by atoms with Crippen LogP contribution in [0, 0.1) is 26.6 Å². The molecule has 0 unspecified atom stereocenters. The van der Waals surface area contributed by atoms with Crippen molar-refractivity contribution in [2.24, 2.45) is 0 Å². The third-order valence-electron chi connectivity index (χ3n) is 3.17. The van der Waals surface area contributed by atoms with Crippen LogP contribution < -0.4 is 5.73 Å². The van der Waals surface area contributed by atoms with Crippen molar-refractivity contribution in [2.75, 3.05) is 5.73 Å². The van der Waals surface area contributed by atoms with Gasteiger partial charge in [-0.1, -0.05) is 6.07 Å². The van der Waals surface area contributed by atoms with E-state index in [4.69, 9.17) is 5.73 Å². The topological polar surface area (TPSA) is 43.8 Å². The van der Waals surface area contributed by atoms with Crippen LogP contribution in [-0.2, 0) is 6.54 Å². The normalized spacial score (nSPS) is 10.8. The number of benzene rings is 1. The Morgan fingerprint density at radius 2 is 2.00 bits per heavy atom. The second kappa shape index (κ2) is 4.20. The van der Waals surface area contributed by atoms with Crippen LogP contribution >= 0.6 is 0 Å². The number of hydrogen-bond acceptors (Lipinski definition) is 2. The summed E-state index contributed by atoms with van der Waals surface area (Å²) in [5, 5.41) is 4.44. The van der Waals surface area contributed by atoms with Crippen LogP contribution in [0.25, 0.3) is 0 Å². The fourth-order valence-electron chi connectivity index (χ4n) is 1.81. The highest BCUT2D eigenvalue weighted by atomic mass is 19.1. The van der Waals surface area contributed by atoms with Crippen molar-refractivity contribution < 1.29 is 4.39 Å². The Morgan fingerprint density at radius 3 is 2.53 bits per heavy atom. The molecular weight excluding hydrogens is 217 g/mol. The van der Waals surface area contributed by atoms with E-state index in [0.717, 1.165) is 17.0 Å². The van der Waals surface area contributed by atoms with Gasteiger partial charge in [0.2, 0.25) is 0 Å². The lowest BCUT2D eigenvalue weighted by molar-refractivity contribution is 0.623. The maximum Gasteiger partial charge on any atom is 0.125 e. The molecule has 0 radical (unpaired) electrons. The van der Waals surface area contributed by atoms with Gasteiger partial charge in [-0.2, -0.15) is 5.10 Å². The van der Waals surface area contributed by atoms with Crippen molar-refractivity contribution in [1.82, 2.24) is 9.78 Å². The van der Waals surface area contributed by atoms with E-state index in [1.54, 1.807) is 6.07 Å². The predicted octanol–water partition coefficient (Wildman–Crippen LogP) is 2.58. The first-order valence-corrected chi connectivity index (χ1v) is 5.53. The molecule has 0 fully saturated rings. The first-order chi connectivity index (χ1) is 7.99. The van der Waals surface area contributed by atoms with E-state index < -0.39 is 0 Å². The fourth-order valence-corrected chi connectivity index (χ4v) is 1.81. The lowest BCUT2D eigenvalue weighted by Crippen LogP contribution is -2.06. The first-order valence-electron chi connectivity index (χ1n) is 5.53. The molecule has 0 amide bonds. The van der Waals surface area contributed by atoms with Gasteiger partial charge in [-0.05, 0) is 44.0 Å². The molecular formula is C13H16FN3. The Labute approximate surface area is 100 Å². The molecule has 0 aliphatic carbocycles. The van der Waals surface area contributed by atoms with Gasteiger partial charge in [-0.3, -0.25) is 4.68 Å². The van der Waals surface area contributed by atoms with Gasteiger partial charge in [0.05, 0.1) is 12.2 Å². The van der Waals surface area contributed by atoms with E-state index >= 15 is 0 Å². The van der Waals surface area contributed by atoms with Crippen molar-refractivity contribution in [3.63, 3.8) is 0 Å². The van der Waals surface area contributed by atoms with Crippen LogP contribution in [-0.4, -0.2) is 9.78 Å². The zero-order chi connectivity index (χ0) is 12.6. The number of rotatable bonds is 2. The molecule has 90 valence electrons. The lowest BCUT2D eigenvalue weighted by Gasteiger charge is -2.08. The van der Waals surface area contributed by atoms with Gasteiger partial charge in [0.15, 0.2) is 0 Å². The van der Waals surface area contributed by atoms with Crippen molar-refractivity contribution in [3.8, 4) is 0 Å². The summed E-state index contributed by atoms with van der Waals surface area (Å²) in [6.07, 6.45) is 0. The lowest BCUT2D eigenvalue weighted by atomic mass is 10.1. The monoisotopic (exact) mass is 233 g/mol. The Balaban J connectivity index is 2.34. The smallest absolute Gasteiger partial charge is 0.125 e. The van der Waals surface area contributed by atoms with E-state index in [1.807, 2.05) is 25.5 Å². The third-order valence-corrected chi connectivity index (χ3v) is 3.17. The summed E-state index contributed by atoms with van der Waals surface area (Å²) >= 11 is 0. The molecule has 1 heterocycles. The summed E-state index contributed by atoms with van der Waals surface area (Å²) < 4.78 is 14.8. The standard InChI is InChI=1S/C13H16FN3/c1-8-9(2)16-17(10(8)3)7-11-4-5-12(14)6-13(11)15/h4-6H,7,15H2,1-3H3. The molecule has 0 aliphatic rings. The zero-order valence-corrected chi connectivity index (χ0v) is 10.3. The van der Waals surface area contributed by atoms with Crippen LogP contribution in [0.15, 0.2) is 18.2 Å². The molecule has 0 saturated carbocycles. The molecule has 3 nitrogen and oxygen atoms in total. The highest BCUT2D eigenvalue weighted by molar-refractivity contribution is 5.47. The Kier molecular flexibility index (Phi) is 2.88. The summed E-state index contributed by atoms with van der Waals surface area (Å²) in [6, 6.07) is 4.47. The van der Waals surface area contributed by atoms with E-state index in [9.17, 15) is 4.39 Å². The van der Waals surface area contributed by atoms with Gasteiger partial charge in [0.1, 0.15) is 5.82 Å². The van der Waals surface area contributed by atoms with E-state index in [0.29, 0.717) is 12.2 Å². The van der Waals surface area contributed by atoms with Gasteiger partial charge in [0.25, 0.3) is 0 Å². The molecule has 4 heteroatoms. The number of halogens is 1. The van der Waals surface area contributed by atoms with Crippen LogP contribution in [0.5, 0.6) is 0 Å².